The average molecular weight is 265 g/mol. The van der Waals surface area contributed by atoms with Gasteiger partial charge in [0.05, 0.1) is 5.02 Å². The molecule has 0 unspecified atom stereocenters. The molecule has 0 aromatic carbocycles. The number of rotatable bonds is 2. The van der Waals surface area contributed by atoms with Crippen molar-refractivity contribution in [1.82, 2.24) is 15.0 Å². The van der Waals surface area contributed by atoms with E-state index in [1.807, 2.05) is 20.8 Å². The Morgan fingerprint density at radius 3 is 2.41 bits per heavy atom. The lowest BCUT2D eigenvalue weighted by Crippen LogP contribution is -1.98. The molecule has 1 radical (unpaired) electrons. The monoisotopic (exact) mass is 264 g/mol. The van der Waals surface area contributed by atoms with E-state index < -0.39 is 0 Å². The Morgan fingerprint density at radius 2 is 1.82 bits per heavy atom. The Balaban J connectivity index is 2.34. The van der Waals surface area contributed by atoms with E-state index in [-0.39, 0.29) is 0 Å². The summed E-state index contributed by atoms with van der Waals surface area (Å²) in [6.07, 6.45) is 1.59. The number of hydrogen-bond donors (Lipinski definition) is 0. The van der Waals surface area contributed by atoms with E-state index in [1.54, 1.807) is 12.3 Å². The van der Waals surface area contributed by atoms with Crippen LogP contribution in [0.2, 0.25) is 5.02 Å². The van der Waals surface area contributed by atoms with Gasteiger partial charge in [-0.15, -0.1) is 0 Å². The van der Waals surface area contributed by atoms with Gasteiger partial charge in [-0.05, 0) is 44.2 Å². The second-order valence-corrected chi connectivity index (χ2v) is 4.99. The van der Waals surface area contributed by atoms with Crippen LogP contribution in [0.3, 0.4) is 0 Å². The zero-order valence-corrected chi connectivity index (χ0v) is 11.4. The molecule has 0 amide bonds. The maximum atomic E-state index is 6.01. The van der Waals surface area contributed by atoms with E-state index in [0.717, 1.165) is 17.0 Å². The van der Waals surface area contributed by atoms with Crippen molar-refractivity contribution in [2.24, 2.45) is 0 Å². The van der Waals surface area contributed by atoms with E-state index >= 15 is 0 Å². The first-order chi connectivity index (χ1) is 8.08. The van der Waals surface area contributed by atoms with Crippen molar-refractivity contribution in [2.45, 2.75) is 31.0 Å². The Kier molecular flexibility index (Phi) is 3.64. The van der Waals surface area contributed by atoms with E-state index in [9.17, 15) is 0 Å². The van der Waals surface area contributed by atoms with Gasteiger partial charge in [-0.25, -0.2) is 15.0 Å². The first kappa shape index (κ1) is 12.3. The lowest BCUT2D eigenvalue weighted by Gasteiger charge is -2.06. The summed E-state index contributed by atoms with van der Waals surface area (Å²) >= 11 is 7.38. The summed E-state index contributed by atoms with van der Waals surface area (Å²) in [4.78, 5) is 13.0. The fourth-order valence-corrected chi connectivity index (χ4v) is 2.31. The van der Waals surface area contributed by atoms with Gasteiger partial charge in [0, 0.05) is 23.7 Å². The summed E-state index contributed by atoms with van der Waals surface area (Å²) in [6.45, 7) is 5.96. The van der Waals surface area contributed by atoms with Crippen LogP contribution in [-0.4, -0.2) is 15.0 Å². The number of aryl methyl sites for hydroxylation is 2. The predicted molar refractivity (Wildman–Crippen MR) is 68.4 cm³/mol. The van der Waals surface area contributed by atoms with Gasteiger partial charge in [0.25, 0.3) is 0 Å². The number of hydrogen-bond acceptors (Lipinski definition) is 4. The molecular weight excluding hydrogens is 254 g/mol. The van der Waals surface area contributed by atoms with E-state index in [0.29, 0.717) is 15.2 Å². The fourth-order valence-electron chi connectivity index (χ4n) is 1.28. The van der Waals surface area contributed by atoms with Crippen molar-refractivity contribution in [3.63, 3.8) is 0 Å². The molecule has 0 fully saturated rings. The molecule has 2 heterocycles. The third kappa shape index (κ3) is 2.76. The normalized spacial score (nSPS) is 10.6. The smallest absolute Gasteiger partial charge is 0.194 e. The van der Waals surface area contributed by atoms with Crippen molar-refractivity contribution >= 4 is 23.4 Å². The highest BCUT2D eigenvalue weighted by atomic mass is 35.5. The third-order valence-electron chi connectivity index (χ3n) is 2.47. The summed E-state index contributed by atoms with van der Waals surface area (Å²) in [7, 11) is 0. The molecule has 0 atom stereocenters. The fraction of sp³-hybridized carbons (Fsp3) is 0.250. The van der Waals surface area contributed by atoms with E-state index in [2.05, 4.69) is 21.0 Å². The molecule has 17 heavy (non-hydrogen) atoms. The summed E-state index contributed by atoms with van der Waals surface area (Å²) in [5.41, 5.74) is 3.09. The zero-order valence-electron chi connectivity index (χ0n) is 9.78. The second-order valence-electron chi connectivity index (χ2n) is 3.63. The van der Waals surface area contributed by atoms with Gasteiger partial charge in [0.1, 0.15) is 5.03 Å². The lowest BCUT2D eigenvalue weighted by atomic mass is 10.2. The Hall–Kier alpha value is -1.13. The standard InChI is InChI=1S/C12H11ClN3S/c1-7-8(2)15-12(16-9(7)3)17-11-10(13)5-4-6-14-11/h5-6H,1-3H3. The Labute approximate surface area is 110 Å². The molecule has 3 nitrogen and oxygen atoms in total. The van der Waals surface area contributed by atoms with Crippen molar-refractivity contribution in [3.05, 3.63) is 40.3 Å². The first-order valence-corrected chi connectivity index (χ1v) is 6.28. The second kappa shape index (κ2) is 5.02. The van der Waals surface area contributed by atoms with Crippen LogP contribution in [0, 0.1) is 26.8 Å². The minimum Gasteiger partial charge on any atom is -0.247 e. The van der Waals surface area contributed by atoms with Crippen LogP contribution in [0.1, 0.15) is 17.0 Å². The zero-order chi connectivity index (χ0) is 12.4. The predicted octanol–water partition coefficient (Wildman–Crippen LogP) is 3.40. The molecule has 0 aliphatic carbocycles. The molecule has 0 bridgehead atoms. The quantitative estimate of drug-likeness (QED) is 0.780. The van der Waals surface area contributed by atoms with Crippen LogP contribution in [0.4, 0.5) is 0 Å². The molecule has 5 heteroatoms. The van der Waals surface area contributed by atoms with Gasteiger partial charge >= 0.3 is 0 Å². The maximum absolute atomic E-state index is 6.01. The highest BCUT2D eigenvalue weighted by Crippen LogP contribution is 2.29. The molecule has 0 N–H and O–H groups in total. The minimum absolute atomic E-state index is 0.567. The minimum atomic E-state index is 0.567. The van der Waals surface area contributed by atoms with Crippen molar-refractivity contribution in [1.29, 1.82) is 0 Å². The van der Waals surface area contributed by atoms with Crippen LogP contribution in [0.15, 0.2) is 22.4 Å². The lowest BCUT2D eigenvalue weighted by molar-refractivity contribution is 0.878. The van der Waals surface area contributed by atoms with Gasteiger partial charge in [-0.3, -0.25) is 0 Å². The third-order valence-corrected chi connectivity index (χ3v) is 3.75. The molecule has 2 aromatic rings. The van der Waals surface area contributed by atoms with Crippen LogP contribution in [0.5, 0.6) is 0 Å². The van der Waals surface area contributed by atoms with Crippen molar-refractivity contribution in [3.8, 4) is 0 Å². The van der Waals surface area contributed by atoms with Gasteiger partial charge in [0.15, 0.2) is 5.16 Å². The first-order valence-electron chi connectivity index (χ1n) is 5.09. The number of nitrogens with zero attached hydrogens (tertiary/aromatic N) is 3. The molecule has 0 aliphatic rings. The molecule has 0 saturated carbocycles. The Bertz CT molecular complexity index is 534. The molecule has 2 rings (SSSR count). The summed E-state index contributed by atoms with van der Waals surface area (Å²) in [5, 5.41) is 1.94. The molecule has 2 aromatic heterocycles. The molecule has 0 saturated heterocycles. The number of aromatic nitrogens is 3. The maximum Gasteiger partial charge on any atom is 0.194 e. The SMILES string of the molecule is Cc1nc(Sc2nc[c]cc2Cl)nc(C)c1C. The van der Waals surface area contributed by atoms with Crippen molar-refractivity contribution in [2.75, 3.05) is 0 Å². The van der Waals surface area contributed by atoms with Crippen molar-refractivity contribution < 1.29 is 0 Å². The van der Waals surface area contributed by atoms with Gasteiger partial charge < -0.3 is 0 Å². The van der Waals surface area contributed by atoms with Gasteiger partial charge in [-0.2, -0.15) is 0 Å². The van der Waals surface area contributed by atoms with Crippen LogP contribution >= 0.6 is 23.4 Å². The van der Waals surface area contributed by atoms with Crippen LogP contribution in [0.25, 0.3) is 0 Å². The van der Waals surface area contributed by atoms with E-state index in [1.165, 1.54) is 11.8 Å². The summed E-state index contributed by atoms with van der Waals surface area (Å²) in [6, 6.07) is 4.51. The van der Waals surface area contributed by atoms with Crippen LogP contribution in [-0.2, 0) is 0 Å². The molecule has 0 aliphatic heterocycles. The number of halogens is 1. The summed E-state index contributed by atoms with van der Waals surface area (Å²) in [5.74, 6) is 0. The largest absolute Gasteiger partial charge is 0.247 e. The molecular formula is C12H11ClN3S. The topological polar surface area (TPSA) is 38.7 Å². The Morgan fingerprint density at radius 1 is 1.18 bits per heavy atom. The molecule has 0 spiro atoms. The van der Waals surface area contributed by atoms with Gasteiger partial charge in [-0.1, -0.05) is 11.6 Å². The molecule has 87 valence electrons. The highest BCUT2D eigenvalue weighted by Gasteiger charge is 2.09. The van der Waals surface area contributed by atoms with E-state index in [4.69, 9.17) is 11.6 Å². The van der Waals surface area contributed by atoms with Crippen LogP contribution < -0.4 is 0 Å². The highest BCUT2D eigenvalue weighted by molar-refractivity contribution is 7.99. The summed E-state index contributed by atoms with van der Waals surface area (Å²) < 4.78 is 0. The average Bonchev–Trinajstić information content (AvgIpc) is 2.29. The van der Waals surface area contributed by atoms with Gasteiger partial charge in [0.2, 0.25) is 0 Å². The number of pyridine rings is 1.